The molecule has 0 aliphatic carbocycles. The van der Waals surface area contributed by atoms with Crippen LogP contribution in [0.1, 0.15) is 19.4 Å². The van der Waals surface area contributed by atoms with E-state index in [2.05, 4.69) is 24.1 Å². The molecule has 1 aromatic heterocycles. The molecular weight excluding hydrogens is 336 g/mol. The number of para-hydroxylation sites is 1. The standard InChI is InChI=1S/C20H21ClN2O2/c1-20(2,17-11-22-18-9-8-14(21)10-16(17)18)13-23-19(24)12-25-15-6-4-3-5-7-15/h3-11,22H,12-13H2,1-2H3,(H,23,24). The number of rotatable bonds is 6. The molecular formula is C20H21ClN2O2. The van der Waals surface area contributed by atoms with E-state index in [9.17, 15) is 4.79 Å². The zero-order valence-electron chi connectivity index (χ0n) is 14.3. The molecule has 0 fully saturated rings. The fraction of sp³-hybridized carbons (Fsp3) is 0.250. The number of hydrogen-bond donors (Lipinski definition) is 2. The SMILES string of the molecule is CC(C)(CNC(=O)COc1ccccc1)c1c[nH]c2ccc(Cl)cc12. The Morgan fingerprint density at radius 3 is 2.72 bits per heavy atom. The van der Waals surface area contributed by atoms with Gasteiger partial charge in [0.15, 0.2) is 6.61 Å². The van der Waals surface area contributed by atoms with Crippen LogP contribution >= 0.6 is 11.6 Å². The summed E-state index contributed by atoms with van der Waals surface area (Å²) in [7, 11) is 0. The van der Waals surface area contributed by atoms with Crippen molar-refractivity contribution in [2.24, 2.45) is 0 Å². The number of carbonyl (C=O) groups is 1. The van der Waals surface area contributed by atoms with Gasteiger partial charge in [0.2, 0.25) is 0 Å². The summed E-state index contributed by atoms with van der Waals surface area (Å²) in [6.45, 7) is 4.69. The van der Waals surface area contributed by atoms with Gasteiger partial charge in [0, 0.05) is 34.1 Å². The Balaban J connectivity index is 1.62. The van der Waals surface area contributed by atoms with Gasteiger partial charge in [-0.05, 0) is 35.9 Å². The maximum absolute atomic E-state index is 12.1. The Morgan fingerprint density at radius 1 is 1.20 bits per heavy atom. The number of hydrogen-bond acceptors (Lipinski definition) is 2. The fourth-order valence-corrected chi connectivity index (χ4v) is 2.96. The molecule has 0 aliphatic rings. The molecule has 25 heavy (non-hydrogen) atoms. The van der Waals surface area contributed by atoms with E-state index in [0.29, 0.717) is 17.3 Å². The summed E-state index contributed by atoms with van der Waals surface area (Å²) in [6, 6.07) is 15.1. The van der Waals surface area contributed by atoms with Crippen molar-refractivity contribution in [2.75, 3.05) is 13.2 Å². The van der Waals surface area contributed by atoms with Gasteiger partial charge in [-0.1, -0.05) is 43.6 Å². The molecule has 0 aliphatic heterocycles. The minimum Gasteiger partial charge on any atom is -0.484 e. The second-order valence-electron chi connectivity index (χ2n) is 6.65. The first-order chi connectivity index (χ1) is 12.0. The first kappa shape index (κ1) is 17.4. The van der Waals surface area contributed by atoms with E-state index < -0.39 is 0 Å². The van der Waals surface area contributed by atoms with E-state index in [4.69, 9.17) is 16.3 Å². The highest BCUT2D eigenvalue weighted by molar-refractivity contribution is 6.31. The summed E-state index contributed by atoms with van der Waals surface area (Å²) in [4.78, 5) is 15.3. The van der Waals surface area contributed by atoms with E-state index in [0.717, 1.165) is 16.5 Å². The number of nitrogens with one attached hydrogen (secondary N) is 2. The molecule has 1 heterocycles. The van der Waals surface area contributed by atoms with Crippen LogP contribution in [0.5, 0.6) is 5.75 Å². The van der Waals surface area contributed by atoms with Crippen molar-refractivity contribution in [2.45, 2.75) is 19.3 Å². The molecule has 3 aromatic rings. The summed E-state index contributed by atoms with van der Waals surface area (Å²) in [6.07, 6.45) is 1.98. The minimum absolute atomic E-state index is 0.000192. The van der Waals surface area contributed by atoms with Crippen molar-refractivity contribution in [1.82, 2.24) is 10.3 Å². The maximum atomic E-state index is 12.1. The molecule has 0 spiro atoms. The largest absolute Gasteiger partial charge is 0.484 e. The van der Waals surface area contributed by atoms with E-state index >= 15 is 0 Å². The average molecular weight is 357 g/mol. The number of amides is 1. The summed E-state index contributed by atoms with van der Waals surface area (Å²) < 4.78 is 5.47. The van der Waals surface area contributed by atoms with Gasteiger partial charge in [0.25, 0.3) is 5.91 Å². The lowest BCUT2D eigenvalue weighted by Gasteiger charge is -2.25. The highest BCUT2D eigenvalue weighted by atomic mass is 35.5. The Bertz CT molecular complexity index is 872. The van der Waals surface area contributed by atoms with Crippen LogP contribution < -0.4 is 10.1 Å². The van der Waals surface area contributed by atoms with Crippen molar-refractivity contribution in [3.05, 3.63) is 65.3 Å². The van der Waals surface area contributed by atoms with Gasteiger partial charge in [-0.15, -0.1) is 0 Å². The molecule has 0 atom stereocenters. The maximum Gasteiger partial charge on any atom is 0.257 e. The molecule has 2 N–H and O–H groups in total. The zero-order chi connectivity index (χ0) is 17.9. The summed E-state index contributed by atoms with van der Waals surface area (Å²) in [5, 5.41) is 4.72. The Hall–Kier alpha value is -2.46. The molecule has 0 saturated carbocycles. The molecule has 1 amide bonds. The second kappa shape index (κ2) is 7.19. The predicted octanol–water partition coefficient (Wildman–Crippen LogP) is 4.29. The van der Waals surface area contributed by atoms with Crippen molar-refractivity contribution in [3.63, 3.8) is 0 Å². The monoisotopic (exact) mass is 356 g/mol. The highest BCUT2D eigenvalue weighted by Crippen LogP contribution is 2.31. The van der Waals surface area contributed by atoms with Crippen LogP contribution in [0.2, 0.25) is 5.02 Å². The summed E-state index contributed by atoms with van der Waals surface area (Å²) in [5.74, 6) is 0.540. The number of H-pyrrole nitrogens is 1. The Labute approximate surface area is 152 Å². The van der Waals surface area contributed by atoms with Gasteiger partial charge in [-0.25, -0.2) is 0 Å². The van der Waals surface area contributed by atoms with E-state index in [-0.39, 0.29) is 17.9 Å². The molecule has 0 unspecified atom stereocenters. The molecule has 0 saturated heterocycles. The third-order valence-corrected chi connectivity index (χ3v) is 4.45. The molecule has 5 heteroatoms. The lowest BCUT2D eigenvalue weighted by Crippen LogP contribution is -2.38. The van der Waals surface area contributed by atoms with Crippen molar-refractivity contribution >= 4 is 28.4 Å². The first-order valence-electron chi connectivity index (χ1n) is 8.17. The topological polar surface area (TPSA) is 54.1 Å². The number of carbonyl (C=O) groups excluding carboxylic acids is 1. The van der Waals surface area contributed by atoms with E-state index in [1.807, 2.05) is 54.7 Å². The quantitative estimate of drug-likeness (QED) is 0.692. The number of fused-ring (bicyclic) bond motifs is 1. The van der Waals surface area contributed by atoms with Gasteiger partial charge in [-0.3, -0.25) is 4.79 Å². The van der Waals surface area contributed by atoms with Crippen LogP contribution in [0.15, 0.2) is 54.7 Å². The highest BCUT2D eigenvalue weighted by Gasteiger charge is 2.25. The van der Waals surface area contributed by atoms with E-state index in [1.165, 1.54) is 0 Å². The van der Waals surface area contributed by atoms with Gasteiger partial charge in [0.05, 0.1) is 0 Å². The number of aromatic nitrogens is 1. The molecule has 2 aromatic carbocycles. The first-order valence-corrected chi connectivity index (χ1v) is 8.55. The van der Waals surface area contributed by atoms with Gasteiger partial charge in [0.1, 0.15) is 5.75 Å². The van der Waals surface area contributed by atoms with Crippen LogP contribution in [-0.4, -0.2) is 24.0 Å². The van der Waals surface area contributed by atoms with Gasteiger partial charge >= 0.3 is 0 Å². The number of ether oxygens (including phenoxy) is 1. The Kier molecular flexibility index (Phi) is 5.00. The summed E-state index contributed by atoms with van der Waals surface area (Å²) in [5.41, 5.74) is 1.91. The van der Waals surface area contributed by atoms with E-state index in [1.54, 1.807) is 0 Å². The molecule has 0 bridgehead atoms. The normalized spacial score (nSPS) is 11.5. The van der Waals surface area contributed by atoms with Crippen LogP contribution in [-0.2, 0) is 10.2 Å². The average Bonchev–Trinajstić information content (AvgIpc) is 3.03. The molecule has 3 rings (SSSR count). The minimum atomic E-state index is -0.245. The molecule has 130 valence electrons. The zero-order valence-corrected chi connectivity index (χ0v) is 15.1. The number of benzene rings is 2. The van der Waals surface area contributed by atoms with Crippen LogP contribution in [0, 0.1) is 0 Å². The Morgan fingerprint density at radius 2 is 1.96 bits per heavy atom. The smallest absolute Gasteiger partial charge is 0.257 e. The third-order valence-electron chi connectivity index (χ3n) is 4.21. The molecule has 0 radical (unpaired) electrons. The van der Waals surface area contributed by atoms with Crippen LogP contribution in [0.4, 0.5) is 0 Å². The van der Waals surface area contributed by atoms with Crippen LogP contribution in [0.3, 0.4) is 0 Å². The lowest BCUT2D eigenvalue weighted by molar-refractivity contribution is -0.123. The lowest BCUT2D eigenvalue weighted by atomic mass is 9.84. The van der Waals surface area contributed by atoms with Crippen molar-refractivity contribution in [1.29, 1.82) is 0 Å². The number of aromatic amines is 1. The second-order valence-corrected chi connectivity index (χ2v) is 7.09. The van der Waals surface area contributed by atoms with Gasteiger partial charge < -0.3 is 15.0 Å². The van der Waals surface area contributed by atoms with Crippen molar-refractivity contribution in [3.8, 4) is 5.75 Å². The van der Waals surface area contributed by atoms with Crippen molar-refractivity contribution < 1.29 is 9.53 Å². The number of halogens is 1. The molecule has 4 nitrogen and oxygen atoms in total. The fourth-order valence-electron chi connectivity index (χ4n) is 2.78. The van der Waals surface area contributed by atoms with Crippen LogP contribution in [0.25, 0.3) is 10.9 Å². The van der Waals surface area contributed by atoms with Gasteiger partial charge in [-0.2, -0.15) is 0 Å². The summed E-state index contributed by atoms with van der Waals surface area (Å²) >= 11 is 6.12. The third kappa shape index (κ3) is 4.15. The predicted molar refractivity (Wildman–Crippen MR) is 101 cm³/mol.